The number of anilines is 1. The monoisotopic (exact) mass is 242 g/mol. The number of nitrogens with two attached hydrogens (primary N) is 1. The maximum Gasteiger partial charge on any atom is 0.120 e. The van der Waals surface area contributed by atoms with Gasteiger partial charge in [-0.3, -0.25) is 4.90 Å². The van der Waals surface area contributed by atoms with E-state index < -0.39 is 0 Å². The average molecular weight is 242 g/mol. The van der Waals surface area contributed by atoms with E-state index in [9.17, 15) is 0 Å². The fourth-order valence-corrected chi connectivity index (χ4v) is 2.70. The lowest BCUT2D eigenvalue weighted by molar-refractivity contribution is 0.171. The Balaban J connectivity index is 1.83. The summed E-state index contributed by atoms with van der Waals surface area (Å²) in [6, 6.07) is 10.5. The summed E-state index contributed by atoms with van der Waals surface area (Å²) < 4.78 is 5.49. The van der Waals surface area contributed by atoms with Crippen LogP contribution in [0.1, 0.15) is 29.9 Å². The predicted octanol–water partition coefficient (Wildman–Crippen LogP) is 2.98. The molecule has 0 fully saturated rings. The summed E-state index contributed by atoms with van der Waals surface area (Å²) in [5, 5.41) is 0. The van der Waals surface area contributed by atoms with Crippen molar-refractivity contribution >= 4 is 5.69 Å². The second kappa shape index (κ2) is 4.50. The highest BCUT2D eigenvalue weighted by Gasteiger charge is 2.23. The van der Waals surface area contributed by atoms with Crippen molar-refractivity contribution in [3.63, 3.8) is 0 Å². The van der Waals surface area contributed by atoms with Gasteiger partial charge < -0.3 is 10.2 Å². The molecular weight excluding hydrogens is 224 g/mol. The summed E-state index contributed by atoms with van der Waals surface area (Å²) in [5.41, 5.74) is 9.62. The number of fused-ring (bicyclic) bond motifs is 1. The molecule has 0 radical (unpaired) electrons. The number of hydrogen-bond donors (Lipinski definition) is 1. The van der Waals surface area contributed by atoms with Crippen LogP contribution in [0.15, 0.2) is 41.0 Å². The standard InChI is InChI=1S/C15H18N2O/c1-11(15-6-3-9-18-15)17-8-7-13-12(10-17)4-2-5-14(13)16/h2-6,9,11H,7-8,10,16H2,1H3. The van der Waals surface area contributed by atoms with Gasteiger partial charge in [-0.1, -0.05) is 12.1 Å². The Morgan fingerprint density at radius 2 is 2.17 bits per heavy atom. The highest BCUT2D eigenvalue weighted by atomic mass is 16.3. The molecule has 0 saturated carbocycles. The summed E-state index contributed by atoms with van der Waals surface area (Å²) in [5.74, 6) is 1.03. The molecule has 0 saturated heterocycles. The predicted molar refractivity (Wildman–Crippen MR) is 72.1 cm³/mol. The molecule has 1 aliphatic heterocycles. The fraction of sp³-hybridized carbons (Fsp3) is 0.333. The van der Waals surface area contributed by atoms with E-state index in [0.29, 0.717) is 6.04 Å². The molecule has 1 aromatic heterocycles. The molecule has 2 N–H and O–H groups in total. The van der Waals surface area contributed by atoms with Crippen LogP contribution in [0.3, 0.4) is 0 Å². The summed E-state index contributed by atoms with van der Waals surface area (Å²) in [4.78, 5) is 2.43. The van der Waals surface area contributed by atoms with Crippen molar-refractivity contribution in [2.24, 2.45) is 0 Å². The Kier molecular flexibility index (Phi) is 2.84. The van der Waals surface area contributed by atoms with Crippen LogP contribution in [0.25, 0.3) is 0 Å². The SMILES string of the molecule is CC(c1ccco1)N1CCc2c(N)cccc2C1. The van der Waals surface area contributed by atoms with Crippen LogP contribution in [0.4, 0.5) is 5.69 Å². The van der Waals surface area contributed by atoms with Crippen LogP contribution in [0.5, 0.6) is 0 Å². The van der Waals surface area contributed by atoms with Crippen molar-refractivity contribution in [1.29, 1.82) is 0 Å². The summed E-state index contributed by atoms with van der Waals surface area (Å²) in [7, 11) is 0. The third-order valence-electron chi connectivity index (χ3n) is 3.83. The van der Waals surface area contributed by atoms with Gasteiger partial charge in [0.05, 0.1) is 12.3 Å². The lowest BCUT2D eigenvalue weighted by Crippen LogP contribution is -2.33. The van der Waals surface area contributed by atoms with Gasteiger partial charge in [0.1, 0.15) is 5.76 Å². The molecule has 3 nitrogen and oxygen atoms in total. The van der Waals surface area contributed by atoms with Crippen LogP contribution in [-0.2, 0) is 13.0 Å². The Morgan fingerprint density at radius 1 is 1.28 bits per heavy atom. The highest BCUT2D eigenvalue weighted by Crippen LogP contribution is 2.29. The Labute approximate surface area is 107 Å². The van der Waals surface area contributed by atoms with Crippen molar-refractivity contribution < 1.29 is 4.42 Å². The normalized spacial score (nSPS) is 17.4. The third-order valence-corrected chi connectivity index (χ3v) is 3.83. The molecule has 0 spiro atoms. The Bertz CT molecular complexity index is 533. The van der Waals surface area contributed by atoms with Gasteiger partial charge in [-0.15, -0.1) is 0 Å². The van der Waals surface area contributed by atoms with E-state index in [0.717, 1.165) is 31.0 Å². The molecule has 3 rings (SSSR count). The molecule has 3 heteroatoms. The zero-order valence-electron chi connectivity index (χ0n) is 10.6. The van der Waals surface area contributed by atoms with Crippen LogP contribution in [0, 0.1) is 0 Å². The van der Waals surface area contributed by atoms with Crippen LogP contribution in [-0.4, -0.2) is 11.4 Å². The van der Waals surface area contributed by atoms with E-state index in [1.807, 2.05) is 24.3 Å². The van der Waals surface area contributed by atoms with Crippen molar-refractivity contribution in [3.05, 3.63) is 53.5 Å². The van der Waals surface area contributed by atoms with Gasteiger partial charge >= 0.3 is 0 Å². The van der Waals surface area contributed by atoms with E-state index in [4.69, 9.17) is 10.2 Å². The number of rotatable bonds is 2. The van der Waals surface area contributed by atoms with Gasteiger partial charge in [-0.2, -0.15) is 0 Å². The Hall–Kier alpha value is -1.74. The molecule has 1 unspecified atom stereocenters. The van der Waals surface area contributed by atoms with Crippen molar-refractivity contribution in [2.45, 2.75) is 25.9 Å². The molecule has 18 heavy (non-hydrogen) atoms. The van der Waals surface area contributed by atoms with Gasteiger partial charge in [0.2, 0.25) is 0 Å². The topological polar surface area (TPSA) is 42.4 Å². The molecule has 1 aliphatic rings. The number of furan rings is 1. The number of hydrogen-bond acceptors (Lipinski definition) is 3. The first kappa shape index (κ1) is 11.4. The van der Waals surface area contributed by atoms with Crippen LogP contribution >= 0.6 is 0 Å². The molecule has 0 bridgehead atoms. The largest absolute Gasteiger partial charge is 0.468 e. The fourth-order valence-electron chi connectivity index (χ4n) is 2.70. The van der Waals surface area contributed by atoms with Crippen LogP contribution in [0.2, 0.25) is 0 Å². The molecule has 2 aromatic rings. The molecule has 1 atom stereocenters. The molecule has 94 valence electrons. The van der Waals surface area contributed by atoms with E-state index >= 15 is 0 Å². The first-order valence-corrected chi connectivity index (χ1v) is 6.39. The second-order valence-corrected chi connectivity index (χ2v) is 4.90. The van der Waals surface area contributed by atoms with Gasteiger partial charge in [0.15, 0.2) is 0 Å². The second-order valence-electron chi connectivity index (χ2n) is 4.90. The maximum atomic E-state index is 6.02. The van der Waals surface area contributed by atoms with Crippen LogP contribution < -0.4 is 5.73 Å². The zero-order chi connectivity index (χ0) is 12.5. The third kappa shape index (κ3) is 1.91. The summed E-state index contributed by atoms with van der Waals surface area (Å²) in [6.45, 7) is 4.17. The molecular formula is C15H18N2O. The number of nitrogen functional groups attached to an aromatic ring is 1. The molecule has 0 amide bonds. The number of benzene rings is 1. The molecule has 0 aliphatic carbocycles. The first-order chi connectivity index (χ1) is 8.75. The highest BCUT2D eigenvalue weighted by molar-refractivity contribution is 5.51. The number of nitrogens with zero attached hydrogens (tertiary/aromatic N) is 1. The molecule has 2 heterocycles. The van der Waals surface area contributed by atoms with E-state index in [-0.39, 0.29) is 0 Å². The van der Waals surface area contributed by atoms with Crippen molar-refractivity contribution in [1.82, 2.24) is 4.90 Å². The lowest BCUT2D eigenvalue weighted by atomic mass is 9.97. The first-order valence-electron chi connectivity index (χ1n) is 6.39. The van der Waals surface area contributed by atoms with E-state index in [2.05, 4.69) is 17.9 Å². The average Bonchev–Trinajstić information content (AvgIpc) is 2.91. The van der Waals surface area contributed by atoms with E-state index in [1.165, 1.54) is 11.1 Å². The van der Waals surface area contributed by atoms with Gasteiger partial charge in [0.25, 0.3) is 0 Å². The Morgan fingerprint density at radius 3 is 2.94 bits per heavy atom. The minimum absolute atomic E-state index is 0.314. The maximum absolute atomic E-state index is 6.02. The van der Waals surface area contributed by atoms with Crippen molar-refractivity contribution in [2.75, 3.05) is 12.3 Å². The smallest absolute Gasteiger partial charge is 0.120 e. The minimum Gasteiger partial charge on any atom is -0.468 e. The summed E-state index contributed by atoms with van der Waals surface area (Å²) in [6.07, 6.45) is 2.76. The van der Waals surface area contributed by atoms with Gasteiger partial charge in [-0.05, 0) is 42.7 Å². The zero-order valence-corrected chi connectivity index (χ0v) is 10.6. The molecule has 1 aromatic carbocycles. The minimum atomic E-state index is 0.314. The van der Waals surface area contributed by atoms with Crippen molar-refractivity contribution in [3.8, 4) is 0 Å². The lowest BCUT2D eigenvalue weighted by Gasteiger charge is -2.33. The quantitative estimate of drug-likeness (QED) is 0.823. The van der Waals surface area contributed by atoms with Gasteiger partial charge in [-0.25, -0.2) is 0 Å². The van der Waals surface area contributed by atoms with Gasteiger partial charge in [0, 0.05) is 18.8 Å². The summed E-state index contributed by atoms with van der Waals surface area (Å²) >= 11 is 0. The van der Waals surface area contributed by atoms with E-state index in [1.54, 1.807) is 6.26 Å².